The summed E-state index contributed by atoms with van der Waals surface area (Å²) in [6, 6.07) is 6.14. The Morgan fingerprint density at radius 3 is 2.79 bits per heavy atom. The normalized spacial score (nSPS) is 11.1. The molecule has 0 N–H and O–H groups in total. The number of hydrogen-bond donors (Lipinski definition) is 1. The number of hydrogen-bond acceptors (Lipinski definition) is 3. The highest BCUT2D eigenvalue weighted by molar-refractivity contribution is 7.79. The van der Waals surface area contributed by atoms with Crippen molar-refractivity contribution in [3.05, 3.63) is 24.0 Å². The monoisotopic (exact) mass is 278 g/mol. The summed E-state index contributed by atoms with van der Waals surface area (Å²) in [6.07, 6.45) is 3.68. The Morgan fingerprint density at radius 2 is 2.11 bits per heavy atom. The van der Waals surface area contributed by atoms with Crippen LogP contribution in [-0.2, 0) is 12.3 Å². The summed E-state index contributed by atoms with van der Waals surface area (Å²) in [5, 5.41) is 0. The second kappa shape index (κ2) is 6.85. The van der Waals surface area contributed by atoms with Crippen molar-refractivity contribution in [2.24, 2.45) is 0 Å². The summed E-state index contributed by atoms with van der Waals surface area (Å²) < 4.78 is 7.81. The molecule has 0 atom stereocenters. The number of aromatic nitrogens is 2. The molecule has 1 aromatic carbocycles. The number of benzene rings is 1. The number of imidazole rings is 1. The van der Waals surface area contributed by atoms with E-state index in [1.807, 2.05) is 19.1 Å². The van der Waals surface area contributed by atoms with E-state index < -0.39 is 0 Å². The smallest absolute Gasteiger partial charge is 0.121 e. The van der Waals surface area contributed by atoms with Gasteiger partial charge >= 0.3 is 0 Å². The zero-order valence-corrected chi connectivity index (χ0v) is 12.6. The summed E-state index contributed by atoms with van der Waals surface area (Å²) >= 11 is 4.39. The van der Waals surface area contributed by atoms with Crippen LogP contribution in [0.25, 0.3) is 11.0 Å². The molecule has 104 valence electrons. The molecule has 0 unspecified atom stereocenters. The topological polar surface area (TPSA) is 27.1 Å². The zero-order valence-electron chi connectivity index (χ0n) is 11.7. The minimum atomic E-state index is 0.671. The lowest BCUT2D eigenvalue weighted by Crippen LogP contribution is -2.02. The molecule has 0 aliphatic heterocycles. The van der Waals surface area contributed by atoms with Crippen LogP contribution in [0.3, 0.4) is 0 Å². The average molecular weight is 278 g/mol. The SMILES string of the molecule is CCCCCn1c(CS)nc2cc(OCC)ccc21. The van der Waals surface area contributed by atoms with Gasteiger partial charge in [-0.15, -0.1) is 0 Å². The van der Waals surface area contributed by atoms with E-state index >= 15 is 0 Å². The maximum Gasteiger partial charge on any atom is 0.121 e. The second-order valence-corrected chi connectivity index (χ2v) is 4.94. The Balaban J connectivity index is 2.32. The lowest BCUT2D eigenvalue weighted by Gasteiger charge is -2.07. The minimum Gasteiger partial charge on any atom is -0.494 e. The van der Waals surface area contributed by atoms with Crippen LogP contribution in [0.5, 0.6) is 5.75 Å². The quantitative estimate of drug-likeness (QED) is 0.611. The van der Waals surface area contributed by atoms with Gasteiger partial charge in [-0.2, -0.15) is 12.6 Å². The predicted octanol–water partition coefficient (Wildman–Crippen LogP) is 4.06. The Bertz CT molecular complexity index is 536. The molecule has 4 heteroatoms. The Kier molecular flexibility index (Phi) is 5.14. The largest absolute Gasteiger partial charge is 0.494 e. The van der Waals surface area contributed by atoms with Crippen LogP contribution in [0.4, 0.5) is 0 Å². The van der Waals surface area contributed by atoms with Crippen molar-refractivity contribution in [1.29, 1.82) is 0 Å². The summed E-state index contributed by atoms with van der Waals surface area (Å²) in [5.41, 5.74) is 2.19. The average Bonchev–Trinajstić information content (AvgIpc) is 2.77. The van der Waals surface area contributed by atoms with Crippen LogP contribution in [0.2, 0.25) is 0 Å². The van der Waals surface area contributed by atoms with Gasteiger partial charge in [0.25, 0.3) is 0 Å². The van der Waals surface area contributed by atoms with Gasteiger partial charge in [0.2, 0.25) is 0 Å². The fourth-order valence-electron chi connectivity index (χ4n) is 2.31. The highest BCUT2D eigenvalue weighted by Crippen LogP contribution is 2.23. The fourth-order valence-corrected chi connectivity index (χ4v) is 2.55. The predicted molar refractivity (Wildman–Crippen MR) is 83.1 cm³/mol. The van der Waals surface area contributed by atoms with E-state index in [-0.39, 0.29) is 0 Å². The van der Waals surface area contributed by atoms with Gasteiger partial charge < -0.3 is 9.30 Å². The molecular weight excluding hydrogens is 256 g/mol. The van der Waals surface area contributed by atoms with Gasteiger partial charge in [0.05, 0.1) is 17.6 Å². The first-order valence-electron chi connectivity index (χ1n) is 7.03. The van der Waals surface area contributed by atoms with E-state index in [0.717, 1.165) is 23.6 Å². The fraction of sp³-hybridized carbons (Fsp3) is 0.533. The summed E-state index contributed by atoms with van der Waals surface area (Å²) in [4.78, 5) is 4.66. The van der Waals surface area contributed by atoms with Crippen molar-refractivity contribution in [1.82, 2.24) is 9.55 Å². The standard InChI is InChI=1S/C15H22N2OS/c1-3-5-6-9-17-14-8-7-12(18-4-2)10-13(14)16-15(17)11-19/h7-8,10,19H,3-6,9,11H2,1-2H3. The summed E-state index contributed by atoms with van der Waals surface area (Å²) in [7, 11) is 0. The van der Waals surface area contributed by atoms with Crippen molar-refractivity contribution in [2.45, 2.75) is 45.4 Å². The summed E-state index contributed by atoms with van der Waals surface area (Å²) in [5.74, 6) is 2.60. The number of nitrogens with zero attached hydrogens (tertiary/aromatic N) is 2. The molecule has 1 aromatic heterocycles. The van der Waals surface area contributed by atoms with Gasteiger partial charge in [-0.25, -0.2) is 4.98 Å². The van der Waals surface area contributed by atoms with Crippen LogP contribution in [-0.4, -0.2) is 16.2 Å². The van der Waals surface area contributed by atoms with Crippen LogP contribution < -0.4 is 4.74 Å². The Morgan fingerprint density at radius 1 is 1.26 bits per heavy atom. The van der Waals surface area contributed by atoms with Crippen LogP contribution in [0.1, 0.15) is 38.9 Å². The highest BCUT2D eigenvalue weighted by atomic mass is 32.1. The molecule has 0 spiro atoms. The third-order valence-corrected chi connectivity index (χ3v) is 3.52. The van der Waals surface area contributed by atoms with Crippen molar-refractivity contribution in [2.75, 3.05) is 6.61 Å². The van der Waals surface area contributed by atoms with E-state index in [2.05, 4.69) is 35.2 Å². The molecule has 0 radical (unpaired) electrons. The third-order valence-electron chi connectivity index (χ3n) is 3.24. The van der Waals surface area contributed by atoms with Crippen molar-refractivity contribution >= 4 is 23.7 Å². The lowest BCUT2D eigenvalue weighted by atomic mass is 10.2. The molecule has 0 amide bonds. The first kappa shape index (κ1) is 14.3. The third kappa shape index (κ3) is 3.24. The molecular formula is C15H22N2OS. The van der Waals surface area contributed by atoms with Crippen molar-refractivity contribution in [3.8, 4) is 5.75 Å². The molecule has 2 aromatic rings. The van der Waals surface area contributed by atoms with Gasteiger partial charge in [0, 0.05) is 18.4 Å². The number of ether oxygens (including phenoxy) is 1. The second-order valence-electron chi connectivity index (χ2n) is 4.63. The van der Waals surface area contributed by atoms with E-state index in [4.69, 9.17) is 4.74 Å². The molecule has 1 heterocycles. The zero-order chi connectivity index (χ0) is 13.7. The number of thiol groups is 1. The van der Waals surface area contributed by atoms with Crippen molar-refractivity contribution < 1.29 is 4.74 Å². The highest BCUT2D eigenvalue weighted by Gasteiger charge is 2.10. The van der Waals surface area contributed by atoms with Gasteiger partial charge in [-0.3, -0.25) is 0 Å². The van der Waals surface area contributed by atoms with Crippen LogP contribution in [0, 0.1) is 0 Å². The van der Waals surface area contributed by atoms with E-state index in [1.54, 1.807) is 0 Å². The van der Waals surface area contributed by atoms with Gasteiger partial charge in [-0.05, 0) is 25.5 Å². The molecule has 2 rings (SSSR count). The van der Waals surface area contributed by atoms with E-state index in [9.17, 15) is 0 Å². The molecule has 0 fully saturated rings. The maximum atomic E-state index is 5.53. The molecule has 3 nitrogen and oxygen atoms in total. The van der Waals surface area contributed by atoms with E-state index in [1.165, 1.54) is 24.8 Å². The number of unbranched alkanes of at least 4 members (excludes halogenated alkanes) is 2. The molecule has 19 heavy (non-hydrogen) atoms. The van der Waals surface area contributed by atoms with Gasteiger partial charge in [0.15, 0.2) is 0 Å². The van der Waals surface area contributed by atoms with Crippen LogP contribution in [0.15, 0.2) is 18.2 Å². The van der Waals surface area contributed by atoms with E-state index in [0.29, 0.717) is 12.4 Å². The first-order valence-corrected chi connectivity index (χ1v) is 7.66. The maximum absolute atomic E-state index is 5.53. The van der Waals surface area contributed by atoms with Crippen LogP contribution >= 0.6 is 12.6 Å². The van der Waals surface area contributed by atoms with Gasteiger partial charge in [0.1, 0.15) is 11.6 Å². The molecule has 0 saturated heterocycles. The number of fused-ring (bicyclic) bond motifs is 1. The summed E-state index contributed by atoms with van der Waals surface area (Å²) in [6.45, 7) is 5.92. The first-order chi connectivity index (χ1) is 9.30. The number of aryl methyl sites for hydroxylation is 1. The van der Waals surface area contributed by atoms with Crippen molar-refractivity contribution in [3.63, 3.8) is 0 Å². The molecule has 0 aliphatic rings. The molecule has 0 aliphatic carbocycles. The minimum absolute atomic E-state index is 0.671. The number of rotatable bonds is 7. The Hall–Kier alpha value is -1.16. The van der Waals surface area contributed by atoms with Gasteiger partial charge in [-0.1, -0.05) is 19.8 Å². The lowest BCUT2D eigenvalue weighted by molar-refractivity contribution is 0.340. The molecule has 0 bridgehead atoms. The Labute approximate surface area is 120 Å². The molecule has 0 saturated carbocycles.